The van der Waals surface area contributed by atoms with Gasteiger partial charge >= 0.3 is 0 Å². The summed E-state index contributed by atoms with van der Waals surface area (Å²) in [5.41, 5.74) is 4.27. The second kappa shape index (κ2) is 5.91. The minimum absolute atomic E-state index is 0.00410. The van der Waals surface area contributed by atoms with Crippen LogP contribution in [0.25, 0.3) is 10.6 Å². The Morgan fingerprint density at radius 2 is 2.13 bits per heavy atom. The molecule has 0 radical (unpaired) electrons. The zero-order valence-corrected chi connectivity index (χ0v) is 14.4. The van der Waals surface area contributed by atoms with Crippen LogP contribution in [0, 0.1) is 0 Å². The number of thiazole rings is 1. The molecule has 0 fully saturated rings. The third kappa shape index (κ3) is 2.60. The number of fused-ring (bicyclic) bond motifs is 1. The monoisotopic (exact) mass is 340 g/mol. The molecule has 0 spiro atoms. The molecule has 0 N–H and O–H groups in total. The number of nitrogens with zero attached hydrogens (tertiary/aromatic N) is 2. The van der Waals surface area contributed by atoms with Crippen LogP contribution in [0.2, 0.25) is 0 Å². The number of hydrogen-bond acceptors (Lipinski definition) is 4. The maximum atomic E-state index is 12.8. The van der Waals surface area contributed by atoms with Crippen LogP contribution in [0.3, 0.4) is 0 Å². The van der Waals surface area contributed by atoms with Crippen LogP contribution >= 0.6 is 22.7 Å². The lowest BCUT2D eigenvalue weighted by Crippen LogP contribution is -2.30. The summed E-state index contributed by atoms with van der Waals surface area (Å²) in [6.45, 7) is 0. The third-order valence-corrected chi connectivity index (χ3v) is 5.96. The Bertz CT molecular complexity index is 838. The summed E-state index contributed by atoms with van der Waals surface area (Å²) in [7, 11) is 1.89. The molecule has 3 aromatic rings. The van der Waals surface area contributed by atoms with Crippen molar-refractivity contribution in [3.05, 3.63) is 63.3 Å². The second-order valence-corrected chi connectivity index (χ2v) is 7.36. The van der Waals surface area contributed by atoms with Crippen molar-refractivity contribution in [2.45, 2.75) is 18.9 Å². The fourth-order valence-corrected chi connectivity index (χ4v) is 4.66. The number of benzene rings is 1. The van der Waals surface area contributed by atoms with Gasteiger partial charge in [-0.3, -0.25) is 4.79 Å². The zero-order valence-electron chi connectivity index (χ0n) is 12.7. The van der Waals surface area contributed by atoms with E-state index in [4.69, 9.17) is 0 Å². The summed E-state index contributed by atoms with van der Waals surface area (Å²) in [5, 5.41) is 6.87. The van der Waals surface area contributed by atoms with E-state index < -0.39 is 0 Å². The van der Waals surface area contributed by atoms with E-state index in [9.17, 15) is 4.79 Å². The van der Waals surface area contributed by atoms with Crippen LogP contribution in [-0.2, 0) is 6.42 Å². The lowest BCUT2D eigenvalue weighted by atomic mass is 10.1. The average Bonchev–Trinajstić information content (AvgIpc) is 3.32. The molecule has 3 nitrogen and oxygen atoms in total. The van der Waals surface area contributed by atoms with E-state index in [1.54, 1.807) is 11.3 Å². The van der Waals surface area contributed by atoms with Crippen LogP contribution in [-0.4, -0.2) is 22.8 Å². The van der Waals surface area contributed by atoms with Gasteiger partial charge in [0.15, 0.2) is 0 Å². The molecule has 1 aliphatic carbocycles. The van der Waals surface area contributed by atoms with Crippen LogP contribution in [0.4, 0.5) is 0 Å². The molecule has 0 saturated heterocycles. The molecule has 1 atom stereocenters. The lowest BCUT2D eigenvalue weighted by molar-refractivity contribution is 0.0725. The van der Waals surface area contributed by atoms with Gasteiger partial charge < -0.3 is 4.90 Å². The Morgan fingerprint density at radius 3 is 2.96 bits per heavy atom. The number of thiophene rings is 1. The highest BCUT2D eigenvalue weighted by Gasteiger charge is 2.29. The Kier molecular flexibility index (Phi) is 3.75. The standard InChI is InChI=1S/C18H16N2OS2/c1-20(16-7-6-12-4-2-3-5-14(12)16)18(21)15-11-23-17(19-15)13-8-9-22-10-13/h2-5,8-11,16H,6-7H2,1H3. The van der Waals surface area contributed by atoms with Crippen molar-refractivity contribution in [2.75, 3.05) is 7.05 Å². The van der Waals surface area contributed by atoms with E-state index in [0.717, 1.165) is 23.4 Å². The molecule has 2 aromatic heterocycles. The van der Waals surface area contributed by atoms with Crippen LogP contribution < -0.4 is 0 Å². The van der Waals surface area contributed by atoms with Crippen LogP contribution in [0.15, 0.2) is 46.5 Å². The van der Waals surface area contributed by atoms with Gasteiger partial charge in [-0.25, -0.2) is 4.98 Å². The summed E-state index contributed by atoms with van der Waals surface area (Å²) >= 11 is 3.17. The highest BCUT2D eigenvalue weighted by Crippen LogP contribution is 2.36. The first-order chi connectivity index (χ1) is 11.2. The Balaban J connectivity index is 1.58. The van der Waals surface area contributed by atoms with Gasteiger partial charge in [0.2, 0.25) is 0 Å². The Labute approximate surface area is 143 Å². The number of hydrogen-bond donors (Lipinski definition) is 0. The number of aryl methyl sites for hydroxylation is 1. The van der Waals surface area contributed by atoms with Gasteiger partial charge in [0, 0.05) is 23.4 Å². The van der Waals surface area contributed by atoms with Crippen molar-refractivity contribution in [1.82, 2.24) is 9.88 Å². The van der Waals surface area contributed by atoms with Gasteiger partial charge in [0.25, 0.3) is 5.91 Å². The van der Waals surface area contributed by atoms with Crippen molar-refractivity contribution in [3.8, 4) is 10.6 Å². The normalized spacial score (nSPS) is 16.3. The molecule has 1 amide bonds. The molecule has 4 rings (SSSR count). The predicted molar refractivity (Wildman–Crippen MR) is 95.0 cm³/mol. The Morgan fingerprint density at radius 1 is 1.26 bits per heavy atom. The molecule has 0 saturated carbocycles. The van der Waals surface area contributed by atoms with E-state index >= 15 is 0 Å². The smallest absolute Gasteiger partial charge is 0.273 e. The van der Waals surface area contributed by atoms with E-state index in [0.29, 0.717) is 5.69 Å². The van der Waals surface area contributed by atoms with Crippen molar-refractivity contribution < 1.29 is 4.79 Å². The molecular weight excluding hydrogens is 324 g/mol. The van der Waals surface area contributed by atoms with Gasteiger partial charge in [-0.2, -0.15) is 11.3 Å². The van der Waals surface area contributed by atoms with Gasteiger partial charge in [0.05, 0.1) is 6.04 Å². The molecule has 1 unspecified atom stereocenters. The predicted octanol–water partition coefficient (Wildman–Crippen LogP) is 4.63. The van der Waals surface area contributed by atoms with Crippen molar-refractivity contribution in [3.63, 3.8) is 0 Å². The summed E-state index contributed by atoms with van der Waals surface area (Å²) in [4.78, 5) is 19.2. The molecule has 23 heavy (non-hydrogen) atoms. The summed E-state index contributed by atoms with van der Waals surface area (Å²) in [6, 6.07) is 10.6. The Hall–Kier alpha value is -1.98. The highest BCUT2D eigenvalue weighted by molar-refractivity contribution is 7.14. The van der Waals surface area contributed by atoms with E-state index in [-0.39, 0.29) is 11.9 Å². The van der Waals surface area contributed by atoms with Crippen molar-refractivity contribution in [1.29, 1.82) is 0 Å². The second-order valence-electron chi connectivity index (χ2n) is 5.72. The van der Waals surface area contributed by atoms with Gasteiger partial charge in [0.1, 0.15) is 10.7 Å². The number of carbonyl (C=O) groups is 1. The third-order valence-electron chi connectivity index (χ3n) is 4.38. The molecule has 1 aliphatic rings. The van der Waals surface area contributed by atoms with Gasteiger partial charge in [-0.15, -0.1) is 11.3 Å². The number of rotatable bonds is 3. The number of carbonyl (C=O) groups excluding carboxylic acids is 1. The molecule has 0 bridgehead atoms. The van der Waals surface area contributed by atoms with E-state index in [2.05, 4.69) is 28.6 Å². The maximum Gasteiger partial charge on any atom is 0.273 e. The highest BCUT2D eigenvalue weighted by atomic mass is 32.1. The van der Waals surface area contributed by atoms with Crippen LogP contribution in [0.1, 0.15) is 34.1 Å². The maximum absolute atomic E-state index is 12.8. The molecule has 0 aliphatic heterocycles. The largest absolute Gasteiger partial charge is 0.333 e. The summed E-state index contributed by atoms with van der Waals surface area (Å²) < 4.78 is 0. The molecule has 2 heterocycles. The minimum Gasteiger partial charge on any atom is -0.333 e. The quantitative estimate of drug-likeness (QED) is 0.696. The van der Waals surface area contributed by atoms with E-state index in [1.165, 1.54) is 22.5 Å². The summed E-state index contributed by atoms with van der Waals surface area (Å²) in [5.74, 6) is 0.00410. The summed E-state index contributed by atoms with van der Waals surface area (Å²) in [6.07, 6.45) is 2.03. The molecule has 116 valence electrons. The van der Waals surface area contributed by atoms with Gasteiger partial charge in [-0.1, -0.05) is 24.3 Å². The van der Waals surface area contributed by atoms with Crippen LogP contribution in [0.5, 0.6) is 0 Å². The van der Waals surface area contributed by atoms with Gasteiger partial charge in [-0.05, 0) is 35.4 Å². The molecular formula is C18H16N2OS2. The fourth-order valence-electron chi connectivity index (χ4n) is 3.15. The first-order valence-electron chi connectivity index (χ1n) is 7.57. The minimum atomic E-state index is 0.00410. The number of amides is 1. The molecule has 1 aromatic carbocycles. The zero-order chi connectivity index (χ0) is 15.8. The topological polar surface area (TPSA) is 33.2 Å². The van der Waals surface area contributed by atoms with Crippen molar-refractivity contribution in [2.24, 2.45) is 0 Å². The lowest BCUT2D eigenvalue weighted by Gasteiger charge is -2.24. The first kappa shape index (κ1) is 14.6. The fraction of sp³-hybridized carbons (Fsp3) is 0.222. The SMILES string of the molecule is CN(C(=O)c1csc(-c2ccsc2)n1)C1CCc2ccccc21. The van der Waals surface area contributed by atoms with E-state index in [1.807, 2.05) is 34.8 Å². The first-order valence-corrected chi connectivity index (χ1v) is 9.39. The average molecular weight is 340 g/mol. The van der Waals surface area contributed by atoms with Crippen molar-refractivity contribution >= 4 is 28.6 Å². The number of aromatic nitrogens is 1. The molecule has 5 heteroatoms.